The van der Waals surface area contributed by atoms with Crippen molar-refractivity contribution in [3.05, 3.63) is 54.1 Å². The van der Waals surface area contributed by atoms with Gasteiger partial charge in [-0.25, -0.2) is 0 Å². The monoisotopic (exact) mass is 262 g/mol. The molecule has 0 radical (unpaired) electrons. The third-order valence-electron chi connectivity index (χ3n) is 2.46. The van der Waals surface area contributed by atoms with Crippen molar-refractivity contribution in [2.75, 3.05) is 0 Å². The molecule has 0 heterocycles. The molecule has 19 heavy (non-hydrogen) atoms. The summed E-state index contributed by atoms with van der Waals surface area (Å²) in [6.07, 6.45) is 0.526. The second-order valence-electron chi connectivity index (χ2n) is 3.77. The molecule has 4 heteroatoms. The van der Waals surface area contributed by atoms with Crippen LogP contribution in [0.2, 0.25) is 0 Å². The lowest BCUT2D eigenvalue weighted by molar-refractivity contribution is -0.274. The Kier molecular flexibility index (Phi) is 3.48. The van der Waals surface area contributed by atoms with E-state index in [0.29, 0.717) is 16.7 Å². The normalized spacial score (nSPS) is 10.8. The quantitative estimate of drug-likeness (QED) is 0.736. The summed E-state index contributed by atoms with van der Waals surface area (Å²) < 4.78 is 41.1. The van der Waals surface area contributed by atoms with Crippen LogP contribution in [-0.2, 0) is 0 Å². The van der Waals surface area contributed by atoms with Crippen LogP contribution in [0.25, 0.3) is 11.1 Å². The first-order valence-electron chi connectivity index (χ1n) is 5.41. The molecule has 0 aliphatic carbocycles. The van der Waals surface area contributed by atoms with Crippen LogP contribution in [0.4, 0.5) is 13.2 Å². The summed E-state index contributed by atoms with van der Waals surface area (Å²) in [6.45, 7) is 0. The van der Waals surface area contributed by atoms with Crippen molar-refractivity contribution in [2.45, 2.75) is 6.36 Å². The van der Waals surface area contributed by atoms with Crippen LogP contribution < -0.4 is 4.74 Å². The second-order valence-corrected chi connectivity index (χ2v) is 3.77. The van der Waals surface area contributed by atoms with Gasteiger partial charge >= 0.3 is 6.36 Å². The molecule has 0 bridgehead atoms. The molecule has 2 aromatic rings. The predicted octanol–water partition coefficient (Wildman–Crippen LogP) is 4.23. The van der Waals surface area contributed by atoms with Gasteiger partial charge in [-0.15, -0.1) is 19.6 Å². The zero-order valence-electron chi connectivity index (χ0n) is 9.74. The summed E-state index contributed by atoms with van der Waals surface area (Å²) in [4.78, 5) is 0. The lowest BCUT2D eigenvalue weighted by atomic mass is 10.0. The van der Waals surface area contributed by atoms with E-state index < -0.39 is 6.36 Å². The van der Waals surface area contributed by atoms with E-state index in [9.17, 15) is 13.2 Å². The molecule has 2 rings (SSSR count). The highest BCUT2D eigenvalue weighted by atomic mass is 19.4. The first-order chi connectivity index (χ1) is 8.99. The molecular weight excluding hydrogens is 253 g/mol. The van der Waals surface area contributed by atoms with E-state index >= 15 is 0 Å². The first-order valence-corrected chi connectivity index (χ1v) is 5.41. The average Bonchev–Trinajstić information content (AvgIpc) is 2.38. The molecular formula is C15H9F3O. The highest BCUT2D eigenvalue weighted by molar-refractivity contribution is 5.72. The number of hydrogen-bond acceptors (Lipinski definition) is 1. The van der Waals surface area contributed by atoms with Gasteiger partial charge in [-0.3, -0.25) is 0 Å². The van der Waals surface area contributed by atoms with Crippen LogP contribution >= 0.6 is 0 Å². The first kappa shape index (κ1) is 13.0. The smallest absolute Gasteiger partial charge is 0.405 e. The highest BCUT2D eigenvalue weighted by Gasteiger charge is 2.32. The van der Waals surface area contributed by atoms with E-state index in [2.05, 4.69) is 10.7 Å². The number of alkyl halides is 3. The Hall–Kier alpha value is -2.41. The molecule has 0 aliphatic rings. The van der Waals surface area contributed by atoms with E-state index in [1.54, 1.807) is 30.3 Å². The fourth-order valence-corrected chi connectivity index (χ4v) is 1.68. The minimum absolute atomic E-state index is 0.266. The highest BCUT2D eigenvalue weighted by Crippen LogP contribution is 2.34. The van der Waals surface area contributed by atoms with Gasteiger partial charge in [0, 0.05) is 11.1 Å². The third-order valence-corrected chi connectivity index (χ3v) is 2.46. The molecule has 0 aliphatic heterocycles. The molecule has 0 saturated carbocycles. The van der Waals surface area contributed by atoms with Crippen molar-refractivity contribution >= 4 is 0 Å². The van der Waals surface area contributed by atoms with E-state index in [1.807, 2.05) is 0 Å². The molecule has 2 aromatic carbocycles. The fraction of sp³-hybridized carbons (Fsp3) is 0.0667. The van der Waals surface area contributed by atoms with E-state index in [0.717, 1.165) is 0 Å². The van der Waals surface area contributed by atoms with Crippen molar-refractivity contribution in [1.29, 1.82) is 0 Å². The Balaban J connectivity index is 2.53. The molecule has 0 spiro atoms. The molecule has 0 aromatic heterocycles. The average molecular weight is 262 g/mol. The van der Waals surface area contributed by atoms with Gasteiger partial charge in [0.1, 0.15) is 5.75 Å². The number of ether oxygens (including phenoxy) is 1. The lowest BCUT2D eigenvalue weighted by Gasteiger charge is -2.13. The number of halogens is 3. The number of benzene rings is 2. The number of hydrogen-bond donors (Lipinski definition) is 0. The summed E-state index contributed by atoms with van der Waals surface area (Å²) in [6, 6.07) is 12.8. The predicted molar refractivity (Wildman–Crippen MR) is 66.5 cm³/mol. The fourth-order valence-electron chi connectivity index (χ4n) is 1.68. The number of terminal acetylenes is 1. The van der Waals surface area contributed by atoms with Gasteiger partial charge in [0.05, 0.1) is 0 Å². The van der Waals surface area contributed by atoms with Gasteiger partial charge in [0.15, 0.2) is 0 Å². The van der Waals surface area contributed by atoms with Crippen molar-refractivity contribution in [2.24, 2.45) is 0 Å². The van der Waals surface area contributed by atoms with Crippen LogP contribution in [-0.4, -0.2) is 6.36 Å². The summed E-state index contributed by atoms with van der Waals surface area (Å²) in [5.74, 6) is 2.12. The molecule has 0 amide bonds. The Bertz CT molecular complexity index is 610. The molecule has 0 unspecified atom stereocenters. The molecule has 96 valence electrons. The standard InChI is InChI=1S/C15H9F3O/c1-2-11-8-9-14(19-15(16,17)18)13(10-11)12-6-4-3-5-7-12/h1,3-10H. The van der Waals surface area contributed by atoms with Gasteiger partial charge in [0.2, 0.25) is 0 Å². The Labute approximate surface area is 108 Å². The zero-order chi connectivity index (χ0) is 13.9. The molecule has 0 atom stereocenters. The Morgan fingerprint density at radius 1 is 1.00 bits per heavy atom. The van der Waals surface area contributed by atoms with Gasteiger partial charge in [0.25, 0.3) is 0 Å². The SMILES string of the molecule is C#Cc1ccc(OC(F)(F)F)c(-c2ccccc2)c1. The van der Waals surface area contributed by atoms with Gasteiger partial charge < -0.3 is 4.74 Å². The lowest BCUT2D eigenvalue weighted by Crippen LogP contribution is -2.17. The second kappa shape index (κ2) is 5.07. The van der Waals surface area contributed by atoms with Crippen LogP contribution in [0, 0.1) is 12.3 Å². The van der Waals surface area contributed by atoms with E-state index in [-0.39, 0.29) is 5.75 Å². The van der Waals surface area contributed by atoms with Crippen molar-refractivity contribution in [3.8, 4) is 29.2 Å². The third kappa shape index (κ3) is 3.29. The van der Waals surface area contributed by atoms with Crippen LogP contribution in [0.1, 0.15) is 5.56 Å². The maximum atomic E-state index is 12.4. The summed E-state index contributed by atoms with van der Waals surface area (Å²) in [7, 11) is 0. The van der Waals surface area contributed by atoms with Crippen LogP contribution in [0.3, 0.4) is 0 Å². The topological polar surface area (TPSA) is 9.23 Å². The molecule has 0 fully saturated rings. The minimum atomic E-state index is -4.73. The van der Waals surface area contributed by atoms with Gasteiger partial charge in [-0.2, -0.15) is 0 Å². The summed E-state index contributed by atoms with van der Waals surface area (Å²) >= 11 is 0. The van der Waals surface area contributed by atoms with E-state index in [1.165, 1.54) is 18.2 Å². The van der Waals surface area contributed by atoms with E-state index in [4.69, 9.17) is 6.42 Å². The largest absolute Gasteiger partial charge is 0.573 e. The maximum absolute atomic E-state index is 12.4. The van der Waals surface area contributed by atoms with Crippen molar-refractivity contribution < 1.29 is 17.9 Å². The summed E-state index contributed by atoms with van der Waals surface area (Å²) in [5.41, 5.74) is 1.42. The van der Waals surface area contributed by atoms with Crippen molar-refractivity contribution in [3.63, 3.8) is 0 Å². The maximum Gasteiger partial charge on any atom is 0.573 e. The molecule has 0 saturated heterocycles. The van der Waals surface area contributed by atoms with Crippen LogP contribution in [0.5, 0.6) is 5.75 Å². The van der Waals surface area contributed by atoms with Gasteiger partial charge in [-0.05, 0) is 23.8 Å². The van der Waals surface area contributed by atoms with Crippen LogP contribution in [0.15, 0.2) is 48.5 Å². The Morgan fingerprint density at radius 2 is 1.68 bits per heavy atom. The molecule has 0 N–H and O–H groups in total. The summed E-state index contributed by atoms with van der Waals surface area (Å²) in [5, 5.41) is 0. The molecule has 1 nitrogen and oxygen atoms in total. The number of rotatable bonds is 2. The minimum Gasteiger partial charge on any atom is -0.405 e. The van der Waals surface area contributed by atoms with Gasteiger partial charge in [-0.1, -0.05) is 36.3 Å². The van der Waals surface area contributed by atoms with Crippen molar-refractivity contribution in [1.82, 2.24) is 0 Å². The Morgan fingerprint density at radius 3 is 2.26 bits per heavy atom. The zero-order valence-corrected chi connectivity index (χ0v) is 9.74.